The topological polar surface area (TPSA) is 17.1 Å². The highest BCUT2D eigenvalue weighted by Crippen LogP contribution is 2.44. The van der Waals surface area contributed by atoms with Gasteiger partial charge in [-0.15, -0.1) is 0 Å². The Labute approximate surface area is 93.0 Å². The maximum absolute atomic E-state index is 10.7. The third kappa shape index (κ3) is 1.67. The Morgan fingerprint density at radius 2 is 2.07 bits per heavy atom. The zero-order chi connectivity index (χ0) is 10.1. The molecule has 1 aromatic rings. The van der Waals surface area contributed by atoms with Crippen molar-refractivity contribution in [2.24, 2.45) is 5.92 Å². The van der Waals surface area contributed by atoms with Crippen molar-refractivity contribution in [3.8, 4) is 0 Å². The van der Waals surface area contributed by atoms with Gasteiger partial charge in [-0.05, 0) is 36.5 Å². The summed E-state index contributed by atoms with van der Waals surface area (Å²) in [6.07, 6.45) is 3.05. The Hall–Kier alpha value is -0.530. The fourth-order valence-corrected chi connectivity index (χ4v) is 2.43. The van der Waals surface area contributed by atoms with E-state index in [0.717, 1.165) is 24.7 Å². The normalized spacial score (nSPS) is 25.6. The first-order valence-electron chi connectivity index (χ1n) is 4.62. The van der Waals surface area contributed by atoms with E-state index in [1.54, 1.807) is 6.07 Å². The minimum Gasteiger partial charge on any atom is -0.303 e. The number of rotatable bonds is 2. The van der Waals surface area contributed by atoms with Crippen molar-refractivity contribution in [1.82, 2.24) is 0 Å². The Morgan fingerprint density at radius 3 is 2.57 bits per heavy atom. The summed E-state index contributed by atoms with van der Waals surface area (Å²) < 4.78 is 0. The van der Waals surface area contributed by atoms with Crippen LogP contribution in [0.4, 0.5) is 0 Å². The molecule has 1 nitrogen and oxygen atoms in total. The molecule has 0 amide bonds. The number of hydrogen-bond donors (Lipinski definition) is 0. The van der Waals surface area contributed by atoms with E-state index < -0.39 is 0 Å². The molecule has 0 N–H and O–H groups in total. The van der Waals surface area contributed by atoms with E-state index in [4.69, 9.17) is 23.2 Å². The molecule has 2 unspecified atom stereocenters. The standard InChI is InChI=1S/C11H10Cl2O/c12-8-2-4-10(11(13)5-8)9-3-1-7(9)6-14/h2,4-7,9H,1,3H2. The maximum atomic E-state index is 10.7. The molecule has 1 aromatic carbocycles. The Bertz CT molecular complexity index is 362. The number of carbonyl (C=O) groups excluding carboxylic acids is 1. The first-order valence-corrected chi connectivity index (χ1v) is 5.38. The van der Waals surface area contributed by atoms with Crippen LogP contribution in [-0.4, -0.2) is 6.29 Å². The molecule has 14 heavy (non-hydrogen) atoms. The monoisotopic (exact) mass is 228 g/mol. The molecule has 0 radical (unpaired) electrons. The van der Waals surface area contributed by atoms with Crippen LogP contribution in [0.1, 0.15) is 24.3 Å². The molecule has 1 aliphatic carbocycles. The highest BCUT2D eigenvalue weighted by molar-refractivity contribution is 6.35. The quantitative estimate of drug-likeness (QED) is 0.707. The molecule has 0 heterocycles. The molecule has 0 spiro atoms. The molecule has 1 fully saturated rings. The van der Waals surface area contributed by atoms with Crippen molar-refractivity contribution in [2.45, 2.75) is 18.8 Å². The minimum atomic E-state index is 0.147. The number of hydrogen-bond acceptors (Lipinski definition) is 1. The van der Waals surface area contributed by atoms with Crippen molar-refractivity contribution in [2.75, 3.05) is 0 Å². The Morgan fingerprint density at radius 1 is 1.29 bits per heavy atom. The lowest BCUT2D eigenvalue weighted by Gasteiger charge is -2.33. The molecule has 2 atom stereocenters. The van der Waals surface area contributed by atoms with Crippen molar-refractivity contribution in [1.29, 1.82) is 0 Å². The van der Waals surface area contributed by atoms with Crippen LogP contribution >= 0.6 is 23.2 Å². The third-order valence-electron chi connectivity index (χ3n) is 2.86. The second kappa shape index (κ2) is 3.92. The zero-order valence-corrected chi connectivity index (χ0v) is 9.05. The summed E-state index contributed by atoms with van der Waals surface area (Å²) in [5.74, 6) is 0.450. The van der Waals surface area contributed by atoms with Gasteiger partial charge in [0.1, 0.15) is 6.29 Å². The van der Waals surface area contributed by atoms with Crippen LogP contribution < -0.4 is 0 Å². The molecular formula is C11H10Cl2O. The lowest BCUT2D eigenvalue weighted by Crippen LogP contribution is -2.25. The predicted molar refractivity (Wildman–Crippen MR) is 58.0 cm³/mol. The van der Waals surface area contributed by atoms with Gasteiger partial charge >= 0.3 is 0 Å². The number of carbonyl (C=O) groups is 1. The summed E-state index contributed by atoms with van der Waals surface area (Å²) in [6.45, 7) is 0. The smallest absolute Gasteiger partial charge is 0.123 e. The highest BCUT2D eigenvalue weighted by Gasteiger charge is 2.32. The first kappa shape index (κ1) is 10.0. The Kier molecular flexibility index (Phi) is 2.80. The number of benzene rings is 1. The zero-order valence-electron chi connectivity index (χ0n) is 7.54. The maximum Gasteiger partial charge on any atom is 0.123 e. The average Bonchev–Trinajstić information content (AvgIpc) is 2.08. The lowest BCUT2D eigenvalue weighted by atomic mass is 9.71. The lowest BCUT2D eigenvalue weighted by molar-refractivity contribution is -0.113. The number of halogens is 2. The molecule has 1 saturated carbocycles. The van der Waals surface area contributed by atoms with Crippen LogP contribution in [0.3, 0.4) is 0 Å². The SMILES string of the molecule is O=CC1CCC1c1ccc(Cl)cc1Cl. The summed E-state index contributed by atoms with van der Waals surface area (Å²) in [6, 6.07) is 5.48. The highest BCUT2D eigenvalue weighted by atomic mass is 35.5. The van der Waals surface area contributed by atoms with Crippen LogP contribution in [0, 0.1) is 5.92 Å². The molecule has 3 heteroatoms. The molecule has 0 bridgehead atoms. The van der Waals surface area contributed by atoms with E-state index in [1.807, 2.05) is 12.1 Å². The molecule has 0 aromatic heterocycles. The van der Waals surface area contributed by atoms with E-state index >= 15 is 0 Å². The minimum absolute atomic E-state index is 0.147. The van der Waals surface area contributed by atoms with Crippen LogP contribution in [0.5, 0.6) is 0 Å². The molecule has 1 aliphatic rings. The van der Waals surface area contributed by atoms with Crippen LogP contribution in [-0.2, 0) is 4.79 Å². The summed E-state index contributed by atoms with van der Waals surface area (Å²) in [5.41, 5.74) is 1.06. The average molecular weight is 229 g/mol. The fraction of sp³-hybridized carbons (Fsp3) is 0.364. The van der Waals surface area contributed by atoms with Gasteiger partial charge in [0, 0.05) is 16.0 Å². The van der Waals surface area contributed by atoms with Crippen molar-refractivity contribution in [3.63, 3.8) is 0 Å². The van der Waals surface area contributed by atoms with E-state index in [1.165, 1.54) is 0 Å². The fourth-order valence-electron chi connectivity index (χ4n) is 1.88. The van der Waals surface area contributed by atoms with Gasteiger partial charge in [-0.2, -0.15) is 0 Å². The van der Waals surface area contributed by atoms with Crippen LogP contribution in [0.25, 0.3) is 0 Å². The molecular weight excluding hydrogens is 219 g/mol. The van der Waals surface area contributed by atoms with Gasteiger partial charge in [0.05, 0.1) is 0 Å². The third-order valence-corrected chi connectivity index (χ3v) is 3.43. The van der Waals surface area contributed by atoms with Gasteiger partial charge in [-0.3, -0.25) is 0 Å². The van der Waals surface area contributed by atoms with Gasteiger partial charge in [0.15, 0.2) is 0 Å². The van der Waals surface area contributed by atoms with Gasteiger partial charge in [0.25, 0.3) is 0 Å². The summed E-state index contributed by atoms with van der Waals surface area (Å²) >= 11 is 11.9. The number of aldehydes is 1. The van der Waals surface area contributed by atoms with Gasteiger partial charge in [-0.25, -0.2) is 0 Å². The first-order chi connectivity index (χ1) is 6.72. The van der Waals surface area contributed by atoms with Gasteiger partial charge in [0.2, 0.25) is 0 Å². The summed E-state index contributed by atoms with van der Waals surface area (Å²) in [5, 5.41) is 1.31. The summed E-state index contributed by atoms with van der Waals surface area (Å²) in [7, 11) is 0. The molecule has 2 rings (SSSR count). The van der Waals surface area contributed by atoms with E-state index in [0.29, 0.717) is 16.0 Å². The second-order valence-corrected chi connectivity index (χ2v) is 4.49. The van der Waals surface area contributed by atoms with Gasteiger partial charge < -0.3 is 4.79 Å². The van der Waals surface area contributed by atoms with E-state index in [9.17, 15) is 4.79 Å². The second-order valence-electron chi connectivity index (χ2n) is 3.65. The van der Waals surface area contributed by atoms with Crippen molar-refractivity contribution in [3.05, 3.63) is 33.8 Å². The molecule has 0 saturated heterocycles. The van der Waals surface area contributed by atoms with E-state index in [-0.39, 0.29) is 5.92 Å². The van der Waals surface area contributed by atoms with Crippen LogP contribution in [0.15, 0.2) is 18.2 Å². The van der Waals surface area contributed by atoms with Crippen LogP contribution in [0.2, 0.25) is 10.0 Å². The van der Waals surface area contributed by atoms with Crippen molar-refractivity contribution >= 4 is 29.5 Å². The van der Waals surface area contributed by atoms with Crippen molar-refractivity contribution < 1.29 is 4.79 Å². The largest absolute Gasteiger partial charge is 0.303 e. The molecule has 74 valence electrons. The summed E-state index contributed by atoms with van der Waals surface area (Å²) in [4.78, 5) is 10.7. The Balaban J connectivity index is 2.28. The van der Waals surface area contributed by atoms with Gasteiger partial charge in [-0.1, -0.05) is 29.3 Å². The molecule has 0 aliphatic heterocycles. The predicted octanol–water partition coefficient (Wildman–Crippen LogP) is 3.69. The van der Waals surface area contributed by atoms with E-state index in [2.05, 4.69) is 0 Å².